The second-order valence-electron chi connectivity index (χ2n) is 5.76. The molecule has 0 aliphatic heterocycles. The van der Waals surface area contributed by atoms with Crippen LogP contribution in [0.5, 0.6) is 0 Å². The summed E-state index contributed by atoms with van der Waals surface area (Å²) in [5.41, 5.74) is 5.66. The van der Waals surface area contributed by atoms with Crippen LogP contribution in [0.1, 0.15) is 44.6 Å². The van der Waals surface area contributed by atoms with E-state index in [0.717, 1.165) is 25.7 Å². The summed E-state index contributed by atoms with van der Waals surface area (Å²) in [7, 11) is -3.51. The van der Waals surface area contributed by atoms with Gasteiger partial charge in [-0.15, -0.1) is 0 Å². The number of hydrogen-bond donors (Lipinski definition) is 2. The number of sulfonamides is 1. The zero-order chi connectivity index (χ0) is 15.3. The Labute approximate surface area is 127 Å². The fourth-order valence-corrected chi connectivity index (χ4v) is 4.22. The van der Waals surface area contributed by atoms with Crippen molar-refractivity contribution in [3.63, 3.8) is 0 Å². The van der Waals surface area contributed by atoms with Crippen LogP contribution in [-0.2, 0) is 10.0 Å². The highest BCUT2D eigenvalue weighted by atomic mass is 32.2. The van der Waals surface area contributed by atoms with Gasteiger partial charge in [-0.25, -0.2) is 13.1 Å². The van der Waals surface area contributed by atoms with Crippen LogP contribution >= 0.6 is 0 Å². The zero-order valence-electron chi connectivity index (χ0n) is 12.4. The van der Waals surface area contributed by atoms with Crippen LogP contribution in [0.25, 0.3) is 0 Å². The Bertz CT molecular complexity index is 650. The summed E-state index contributed by atoms with van der Waals surface area (Å²) >= 11 is 0. The van der Waals surface area contributed by atoms with Crippen LogP contribution in [0.3, 0.4) is 0 Å². The van der Waals surface area contributed by atoms with E-state index in [1.807, 2.05) is 6.92 Å². The summed E-state index contributed by atoms with van der Waals surface area (Å²) in [6.07, 6.45) is 5.10. The Morgan fingerprint density at radius 3 is 2.67 bits per heavy atom. The van der Waals surface area contributed by atoms with Gasteiger partial charge in [0.1, 0.15) is 0 Å². The van der Waals surface area contributed by atoms with Crippen LogP contribution in [0.4, 0.5) is 0 Å². The number of nitrogens with one attached hydrogen (secondary N) is 1. The molecule has 21 heavy (non-hydrogen) atoms. The lowest BCUT2D eigenvalue weighted by atomic mass is 9.84. The van der Waals surface area contributed by atoms with Gasteiger partial charge in [0.15, 0.2) is 0 Å². The Balaban J connectivity index is 2.23. The van der Waals surface area contributed by atoms with Gasteiger partial charge in [-0.3, -0.25) is 0 Å². The lowest BCUT2D eigenvalue weighted by Crippen LogP contribution is -2.47. The number of nitrogens with two attached hydrogens (primary N) is 1. The first-order valence-electron chi connectivity index (χ1n) is 7.28. The van der Waals surface area contributed by atoms with Gasteiger partial charge in [0.2, 0.25) is 10.0 Å². The average Bonchev–Trinajstić information content (AvgIpc) is 2.45. The highest BCUT2D eigenvalue weighted by Gasteiger charge is 2.31. The predicted octanol–water partition coefficient (Wildman–Crippen LogP) is 2.00. The Hall–Kier alpha value is -1.35. The van der Waals surface area contributed by atoms with Gasteiger partial charge in [-0.1, -0.05) is 37.2 Å². The van der Waals surface area contributed by atoms with Crippen molar-refractivity contribution in [2.45, 2.75) is 49.5 Å². The summed E-state index contributed by atoms with van der Waals surface area (Å²) in [5, 5.41) is 0. The SMILES string of the molecule is CC1(NS(=O)(=O)c2cccc(C#CCN)c2)CCCCC1. The molecule has 0 saturated heterocycles. The van der Waals surface area contributed by atoms with E-state index in [1.54, 1.807) is 24.3 Å². The summed E-state index contributed by atoms with van der Waals surface area (Å²) in [6, 6.07) is 6.68. The molecule has 1 fully saturated rings. The van der Waals surface area contributed by atoms with E-state index in [2.05, 4.69) is 16.6 Å². The minimum atomic E-state index is -3.51. The molecule has 4 nitrogen and oxygen atoms in total. The van der Waals surface area contributed by atoms with Gasteiger partial charge in [0, 0.05) is 11.1 Å². The molecule has 0 bridgehead atoms. The molecule has 0 atom stereocenters. The highest BCUT2D eigenvalue weighted by molar-refractivity contribution is 7.89. The summed E-state index contributed by atoms with van der Waals surface area (Å²) < 4.78 is 28.0. The Morgan fingerprint density at radius 1 is 1.29 bits per heavy atom. The fraction of sp³-hybridized carbons (Fsp3) is 0.500. The van der Waals surface area contributed by atoms with E-state index >= 15 is 0 Å². The Morgan fingerprint density at radius 2 is 2.00 bits per heavy atom. The average molecular weight is 306 g/mol. The van der Waals surface area contributed by atoms with E-state index < -0.39 is 10.0 Å². The van der Waals surface area contributed by atoms with Crippen LogP contribution in [-0.4, -0.2) is 20.5 Å². The van der Waals surface area contributed by atoms with Crippen molar-refractivity contribution in [1.29, 1.82) is 0 Å². The van der Waals surface area contributed by atoms with Crippen LogP contribution < -0.4 is 10.5 Å². The number of benzene rings is 1. The Kier molecular flexibility index (Phi) is 5.04. The lowest BCUT2D eigenvalue weighted by molar-refractivity contribution is 0.294. The minimum absolute atomic E-state index is 0.257. The second-order valence-corrected chi connectivity index (χ2v) is 7.44. The summed E-state index contributed by atoms with van der Waals surface area (Å²) in [4.78, 5) is 0.262. The first-order chi connectivity index (χ1) is 9.95. The van der Waals surface area contributed by atoms with E-state index in [4.69, 9.17) is 5.73 Å². The smallest absolute Gasteiger partial charge is 0.241 e. The van der Waals surface area contributed by atoms with Crippen molar-refractivity contribution < 1.29 is 8.42 Å². The van der Waals surface area contributed by atoms with Crippen molar-refractivity contribution in [3.8, 4) is 11.8 Å². The normalized spacial score (nSPS) is 17.8. The molecule has 1 aromatic carbocycles. The van der Waals surface area contributed by atoms with Gasteiger partial charge < -0.3 is 5.73 Å². The molecule has 0 unspecified atom stereocenters. The van der Waals surface area contributed by atoms with Gasteiger partial charge in [-0.05, 0) is 38.0 Å². The molecule has 1 aromatic rings. The molecule has 0 heterocycles. The van der Waals surface area contributed by atoms with E-state index in [9.17, 15) is 8.42 Å². The van der Waals surface area contributed by atoms with E-state index in [1.165, 1.54) is 6.42 Å². The third-order valence-corrected chi connectivity index (χ3v) is 5.45. The maximum absolute atomic E-state index is 12.5. The first-order valence-corrected chi connectivity index (χ1v) is 8.77. The van der Waals surface area contributed by atoms with Crippen LogP contribution in [0, 0.1) is 11.8 Å². The molecule has 1 aliphatic carbocycles. The zero-order valence-corrected chi connectivity index (χ0v) is 13.2. The van der Waals surface area contributed by atoms with Gasteiger partial charge in [-0.2, -0.15) is 0 Å². The van der Waals surface area contributed by atoms with Crippen molar-refractivity contribution in [1.82, 2.24) is 4.72 Å². The molecular formula is C16H22N2O2S. The van der Waals surface area contributed by atoms with E-state index in [-0.39, 0.29) is 17.0 Å². The van der Waals surface area contributed by atoms with Gasteiger partial charge in [0.05, 0.1) is 11.4 Å². The lowest BCUT2D eigenvalue weighted by Gasteiger charge is -2.34. The largest absolute Gasteiger partial charge is 0.320 e. The molecule has 0 aromatic heterocycles. The maximum Gasteiger partial charge on any atom is 0.241 e. The summed E-state index contributed by atoms with van der Waals surface area (Å²) in [6.45, 7) is 2.25. The van der Waals surface area contributed by atoms with Gasteiger partial charge >= 0.3 is 0 Å². The van der Waals surface area contributed by atoms with Gasteiger partial charge in [0.25, 0.3) is 0 Å². The standard InChI is InChI=1S/C16H22N2O2S/c1-16(10-3-2-4-11-16)18-21(19,20)15-9-5-7-14(13-15)8-6-12-17/h5,7,9,13,18H,2-4,10-12,17H2,1H3. The van der Waals surface area contributed by atoms with Crippen molar-refractivity contribution in [3.05, 3.63) is 29.8 Å². The quantitative estimate of drug-likeness (QED) is 0.839. The third-order valence-electron chi connectivity index (χ3n) is 3.82. The summed E-state index contributed by atoms with van der Waals surface area (Å²) in [5.74, 6) is 5.60. The molecule has 0 spiro atoms. The second kappa shape index (κ2) is 6.61. The first kappa shape index (κ1) is 16.0. The predicted molar refractivity (Wildman–Crippen MR) is 84.2 cm³/mol. The van der Waals surface area contributed by atoms with Crippen molar-refractivity contribution in [2.24, 2.45) is 5.73 Å². The molecular weight excluding hydrogens is 284 g/mol. The molecule has 1 aliphatic rings. The molecule has 3 N–H and O–H groups in total. The van der Waals surface area contributed by atoms with Crippen molar-refractivity contribution >= 4 is 10.0 Å². The van der Waals surface area contributed by atoms with Crippen LogP contribution in [0.2, 0.25) is 0 Å². The minimum Gasteiger partial charge on any atom is -0.320 e. The highest BCUT2D eigenvalue weighted by Crippen LogP contribution is 2.29. The topological polar surface area (TPSA) is 72.2 Å². The molecule has 0 radical (unpaired) electrons. The number of hydrogen-bond acceptors (Lipinski definition) is 3. The molecule has 0 amide bonds. The molecule has 5 heteroatoms. The third kappa shape index (κ3) is 4.31. The van der Waals surface area contributed by atoms with E-state index in [0.29, 0.717) is 5.56 Å². The van der Waals surface area contributed by atoms with Crippen molar-refractivity contribution in [2.75, 3.05) is 6.54 Å². The monoisotopic (exact) mass is 306 g/mol. The maximum atomic E-state index is 12.5. The molecule has 114 valence electrons. The molecule has 1 saturated carbocycles. The fourth-order valence-electron chi connectivity index (χ4n) is 2.71. The van der Waals surface area contributed by atoms with Crippen LogP contribution in [0.15, 0.2) is 29.2 Å². The number of rotatable bonds is 3. The molecule has 2 rings (SSSR count).